The summed E-state index contributed by atoms with van der Waals surface area (Å²) in [4.78, 5) is 5.36. The molecule has 2 atom stereocenters. The minimum atomic E-state index is 0.468. The van der Waals surface area contributed by atoms with Crippen LogP contribution < -0.4 is 5.32 Å². The van der Waals surface area contributed by atoms with Gasteiger partial charge >= 0.3 is 0 Å². The number of nitrogens with zero attached hydrogens (tertiary/aromatic N) is 2. The molecule has 20 heavy (non-hydrogen) atoms. The number of hydrogen-bond acceptors (Lipinski definition) is 3. The van der Waals surface area contributed by atoms with Crippen molar-refractivity contribution in [1.82, 2.24) is 15.1 Å². The normalized spacial score (nSPS) is 35.4. The summed E-state index contributed by atoms with van der Waals surface area (Å²) in [7, 11) is 2.27. The molecule has 0 aromatic carbocycles. The average Bonchev–Trinajstić information content (AvgIpc) is 2.99. The third-order valence-corrected chi connectivity index (χ3v) is 5.97. The number of rotatable bonds is 3. The van der Waals surface area contributed by atoms with Crippen LogP contribution in [-0.2, 0) is 0 Å². The van der Waals surface area contributed by atoms with Gasteiger partial charge in [0.05, 0.1) is 0 Å². The Labute approximate surface area is 125 Å². The van der Waals surface area contributed by atoms with Crippen molar-refractivity contribution in [2.75, 3.05) is 39.8 Å². The molecule has 2 heterocycles. The molecular formula is C17H33N3. The van der Waals surface area contributed by atoms with E-state index in [9.17, 15) is 0 Å². The van der Waals surface area contributed by atoms with Crippen LogP contribution >= 0.6 is 0 Å². The number of nitrogens with one attached hydrogen (secondary N) is 1. The molecule has 1 N–H and O–H groups in total. The monoisotopic (exact) mass is 279 g/mol. The van der Waals surface area contributed by atoms with Gasteiger partial charge in [-0.15, -0.1) is 0 Å². The van der Waals surface area contributed by atoms with Gasteiger partial charge in [-0.25, -0.2) is 0 Å². The minimum Gasteiger partial charge on any atom is -0.308 e. The summed E-state index contributed by atoms with van der Waals surface area (Å²) in [5, 5.41) is 3.94. The van der Waals surface area contributed by atoms with Crippen molar-refractivity contribution < 1.29 is 0 Å². The molecule has 1 spiro atoms. The van der Waals surface area contributed by atoms with Gasteiger partial charge in [0, 0.05) is 37.8 Å². The van der Waals surface area contributed by atoms with Crippen molar-refractivity contribution >= 4 is 0 Å². The lowest BCUT2D eigenvalue weighted by atomic mass is 9.88. The van der Waals surface area contributed by atoms with E-state index in [0.29, 0.717) is 5.54 Å². The maximum Gasteiger partial charge on any atom is 0.0309 e. The molecule has 0 aromatic heterocycles. The van der Waals surface area contributed by atoms with Gasteiger partial charge in [0.15, 0.2) is 0 Å². The molecule has 1 aliphatic carbocycles. The van der Waals surface area contributed by atoms with E-state index in [1.54, 1.807) is 0 Å². The van der Waals surface area contributed by atoms with Gasteiger partial charge in [0.1, 0.15) is 0 Å². The highest BCUT2D eigenvalue weighted by Gasteiger charge is 2.42. The van der Waals surface area contributed by atoms with Crippen LogP contribution in [0.4, 0.5) is 0 Å². The lowest BCUT2D eigenvalue weighted by molar-refractivity contribution is 0.0453. The zero-order valence-electron chi connectivity index (χ0n) is 13.7. The highest BCUT2D eigenvalue weighted by Crippen LogP contribution is 2.35. The Balaban J connectivity index is 1.65. The van der Waals surface area contributed by atoms with Gasteiger partial charge in [-0.1, -0.05) is 26.7 Å². The molecule has 3 aliphatic rings. The van der Waals surface area contributed by atoms with E-state index in [1.807, 2.05) is 0 Å². The molecule has 0 amide bonds. The molecule has 0 bridgehead atoms. The Kier molecular flexibility index (Phi) is 4.40. The topological polar surface area (TPSA) is 18.5 Å². The van der Waals surface area contributed by atoms with E-state index in [-0.39, 0.29) is 0 Å². The van der Waals surface area contributed by atoms with Crippen LogP contribution in [0.15, 0.2) is 0 Å². The minimum absolute atomic E-state index is 0.468. The zero-order valence-corrected chi connectivity index (χ0v) is 13.7. The summed E-state index contributed by atoms with van der Waals surface area (Å²) >= 11 is 0. The van der Waals surface area contributed by atoms with Crippen LogP contribution in [0.3, 0.4) is 0 Å². The van der Waals surface area contributed by atoms with Crippen LogP contribution in [0.2, 0.25) is 0 Å². The van der Waals surface area contributed by atoms with E-state index in [4.69, 9.17) is 0 Å². The van der Waals surface area contributed by atoms with Crippen molar-refractivity contribution in [3.05, 3.63) is 0 Å². The fourth-order valence-electron chi connectivity index (χ4n) is 4.76. The first kappa shape index (κ1) is 14.8. The highest BCUT2D eigenvalue weighted by molar-refractivity contribution is 5.02. The summed E-state index contributed by atoms with van der Waals surface area (Å²) < 4.78 is 0. The van der Waals surface area contributed by atoms with Gasteiger partial charge in [-0.2, -0.15) is 0 Å². The molecule has 116 valence electrons. The molecule has 3 nitrogen and oxygen atoms in total. The summed E-state index contributed by atoms with van der Waals surface area (Å²) in [5.74, 6) is 1.66. The van der Waals surface area contributed by atoms with E-state index >= 15 is 0 Å². The molecule has 3 heteroatoms. The second-order valence-electron chi connectivity index (χ2n) is 8.03. The largest absolute Gasteiger partial charge is 0.308 e. The maximum absolute atomic E-state index is 3.94. The molecule has 0 aromatic rings. The van der Waals surface area contributed by atoms with E-state index in [0.717, 1.165) is 17.9 Å². The smallest absolute Gasteiger partial charge is 0.0309 e. The van der Waals surface area contributed by atoms with Crippen LogP contribution in [0, 0.1) is 11.8 Å². The third-order valence-electron chi connectivity index (χ3n) is 5.97. The first-order valence-corrected chi connectivity index (χ1v) is 8.76. The van der Waals surface area contributed by atoms with Crippen LogP contribution in [0.25, 0.3) is 0 Å². The van der Waals surface area contributed by atoms with E-state index in [2.05, 4.69) is 36.0 Å². The Morgan fingerprint density at radius 2 is 2.00 bits per heavy atom. The average molecular weight is 279 g/mol. The third kappa shape index (κ3) is 3.05. The van der Waals surface area contributed by atoms with Crippen LogP contribution in [-0.4, -0.2) is 61.2 Å². The van der Waals surface area contributed by atoms with Crippen molar-refractivity contribution in [3.63, 3.8) is 0 Å². The second-order valence-corrected chi connectivity index (χ2v) is 8.03. The Bertz CT molecular complexity index is 322. The maximum atomic E-state index is 3.94. The van der Waals surface area contributed by atoms with Gasteiger partial charge < -0.3 is 10.2 Å². The van der Waals surface area contributed by atoms with Crippen molar-refractivity contribution in [2.24, 2.45) is 11.8 Å². The number of piperazine rings is 1. The molecule has 1 saturated carbocycles. The summed E-state index contributed by atoms with van der Waals surface area (Å²) in [6.45, 7) is 11.2. The predicted octanol–water partition coefficient (Wildman–Crippen LogP) is 2.18. The van der Waals surface area contributed by atoms with Crippen LogP contribution in [0.1, 0.15) is 46.0 Å². The first-order valence-electron chi connectivity index (χ1n) is 8.76. The molecular weight excluding hydrogens is 246 g/mol. The quantitative estimate of drug-likeness (QED) is 0.854. The zero-order chi connectivity index (χ0) is 14.2. The van der Waals surface area contributed by atoms with Gasteiger partial charge in [-0.05, 0) is 44.7 Å². The number of likely N-dealkylation sites (tertiary alicyclic amines) is 1. The predicted molar refractivity (Wildman–Crippen MR) is 85.0 cm³/mol. The Morgan fingerprint density at radius 3 is 2.60 bits per heavy atom. The lowest BCUT2D eigenvalue weighted by Gasteiger charge is -2.48. The lowest BCUT2D eigenvalue weighted by Crippen LogP contribution is -2.65. The fourth-order valence-corrected chi connectivity index (χ4v) is 4.76. The summed E-state index contributed by atoms with van der Waals surface area (Å²) in [6, 6.07) is 0.743. The molecule has 3 rings (SSSR count). The van der Waals surface area contributed by atoms with Crippen LogP contribution in [0.5, 0.6) is 0 Å². The van der Waals surface area contributed by atoms with Crippen molar-refractivity contribution in [3.8, 4) is 0 Å². The van der Waals surface area contributed by atoms with Crippen molar-refractivity contribution in [2.45, 2.75) is 57.5 Å². The van der Waals surface area contributed by atoms with Gasteiger partial charge in [-0.3, -0.25) is 4.90 Å². The summed E-state index contributed by atoms with van der Waals surface area (Å²) in [5.41, 5.74) is 0.468. The Morgan fingerprint density at radius 1 is 1.25 bits per heavy atom. The second kappa shape index (κ2) is 5.94. The summed E-state index contributed by atoms with van der Waals surface area (Å²) in [6.07, 6.45) is 7.06. The van der Waals surface area contributed by atoms with E-state index < -0.39 is 0 Å². The molecule has 2 aliphatic heterocycles. The number of hydrogen-bond donors (Lipinski definition) is 1. The molecule has 2 saturated heterocycles. The van der Waals surface area contributed by atoms with Crippen molar-refractivity contribution in [1.29, 1.82) is 0 Å². The standard InChI is InChI=1S/C17H33N3/c1-14(2)16-10-18-17(7-4-5-8-17)13-20(16)12-15-6-9-19(3)11-15/h14-16,18H,4-13H2,1-3H3. The first-order chi connectivity index (χ1) is 9.58. The van der Waals surface area contributed by atoms with Gasteiger partial charge in [0.25, 0.3) is 0 Å². The fraction of sp³-hybridized carbons (Fsp3) is 1.00. The van der Waals surface area contributed by atoms with Gasteiger partial charge in [0.2, 0.25) is 0 Å². The Hall–Kier alpha value is -0.120. The molecule has 0 radical (unpaired) electrons. The molecule has 3 fully saturated rings. The van der Waals surface area contributed by atoms with E-state index in [1.165, 1.54) is 64.8 Å². The highest BCUT2D eigenvalue weighted by atomic mass is 15.3. The molecule has 2 unspecified atom stereocenters. The SMILES string of the molecule is CC(C)C1CNC2(CCCC2)CN1CC1CCN(C)C1.